The second kappa shape index (κ2) is 6.91. The first-order valence-corrected chi connectivity index (χ1v) is 8.11. The summed E-state index contributed by atoms with van der Waals surface area (Å²) in [7, 11) is 0. The lowest BCUT2D eigenvalue weighted by Gasteiger charge is -2.35. The summed E-state index contributed by atoms with van der Waals surface area (Å²) in [6.07, 6.45) is 5.21. The lowest BCUT2D eigenvalue weighted by atomic mass is 9.99. The number of likely N-dealkylation sites (tertiary alicyclic amines) is 1. The number of nitrogens with one attached hydrogen (secondary N) is 1. The molecule has 0 unspecified atom stereocenters. The van der Waals surface area contributed by atoms with Crippen LogP contribution in [-0.2, 0) is 6.54 Å². The van der Waals surface area contributed by atoms with Crippen molar-refractivity contribution in [3.05, 3.63) is 62.7 Å². The van der Waals surface area contributed by atoms with Crippen molar-refractivity contribution in [3.63, 3.8) is 0 Å². The van der Waals surface area contributed by atoms with Crippen LogP contribution in [-0.4, -0.2) is 32.5 Å². The lowest BCUT2D eigenvalue weighted by molar-refractivity contribution is 0.139. The molecule has 1 atom stereocenters. The van der Waals surface area contributed by atoms with Crippen LogP contribution >= 0.6 is 0 Å². The summed E-state index contributed by atoms with van der Waals surface area (Å²) in [6, 6.07) is 7.71. The van der Waals surface area contributed by atoms with Gasteiger partial charge in [-0.1, -0.05) is 12.5 Å². The molecule has 0 amide bonds. The molecule has 0 saturated carbocycles. The van der Waals surface area contributed by atoms with E-state index in [9.17, 15) is 9.59 Å². The van der Waals surface area contributed by atoms with Crippen molar-refractivity contribution in [1.82, 2.24) is 19.4 Å². The van der Waals surface area contributed by atoms with E-state index >= 15 is 0 Å². The topological polar surface area (TPSA) is 71.0 Å². The van der Waals surface area contributed by atoms with Gasteiger partial charge in [-0.05, 0) is 38.4 Å². The number of hydrogen-bond donors (Lipinski definition) is 1. The quantitative estimate of drug-likeness (QED) is 0.927. The molecule has 2 aromatic heterocycles. The average molecular weight is 314 g/mol. The summed E-state index contributed by atoms with van der Waals surface area (Å²) >= 11 is 0. The number of H-pyrrole nitrogens is 1. The van der Waals surface area contributed by atoms with Crippen molar-refractivity contribution < 1.29 is 0 Å². The third kappa shape index (κ3) is 3.59. The highest BCUT2D eigenvalue weighted by atomic mass is 16.2. The predicted molar refractivity (Wildman–Crippen MR) is 88.5 cm³/mol. The summed E-state index contributed by atoms with van der Waals surface area (Å²) in [5.74, 6) is 0. The van der Waals surface area contributed by atoms with Crippen LogP contribution in [0.1, 0.15) is 36.7 Å². The Balaban J connectivity index is 1.76. The molecule has 1 N–H and O–H groups in total. The number of aromatic amines is 1. The summed E-state index contributed by atoms with van der Waals surface area (Å²) in [5.41, 5.74) is 1.09. The number of piperidine rings is 1. The standard InChI is InChI=1S/C17H22N4O2/c1-13-12-16(22)21(17(23)19-13)11-10-20-9-5-3-7-15(20)14-6-2-4-8-18-14/h2,4,6,8,12,15H,3,5,7,9-11H2,1H3,(H,19,23)/t15-/m1/s1. The number of aromatic nitrogens is 3. The van der Waals surface area contributed by atoms with Gasteiger partial charge in [-0.2, -0.15) is 0 Å². The molecule has 2 aromatic rings. The van der Waals surface area contributed by atoms with E-state index in [2.05, 4.69) is 14.9 Å². The zero-order valence-electron chi connectivity index (χ0n) is 13.4. The Kier molecular flexibility index (Phi) is 4.71. The van der Waals surface area contributed by atoms with Crippen molar-refractivity contribution in [1.29, 1.82) is 0 Å². The van der Waals surface area contributed by atoms with Crippen LogP contribution in [0.5, 0.6) is 0 Å². The largest absolute Gasteiger partial charge is 0.328 e. The van der Waals surface area contributed by atoms with Gasteiger partial charge in [0, 0.05) is 31.0 Å². The number of rotatable bonds is 4. The van der Waals surface area contributed by atoms with Gasteiger partial charge in [-0.15, -0.1) is 0 Å². The number of pyridine rings is 1. The average Bonchev–Trinajstić information content (AvgIpc) is 2.55. The molecule has 0 aromatic carbocycles. The molecule has 0 bridgehead atoms. The molecule has 0 radical (unpaired) electrons. The molecule has 23 heavy (non-hydrogen) atoms. The Bertz CT molecular complexity index is 735. The monoisotopic (exact) mass is 314 g/mol. The van der Waals surface area contributed by atoms with Gasteiger partial charge in [0.1, 0.15) is 0 Å². The van der Waals surface area contributed by atoms with Crippen molar-refractivity contribution in [2.45, 2.75) is 38.8 Å². The van der Waals surface area contributed by atoms with Gasteiger partial charge < -0.3 is 4.98 Å². The molecule has 6 heteroatoms. The molecule has 3 heterocycles. The van der Waals surface area contributed by atoms with Crippen LogP contribution in [0.25, 0.3) is 0 Å². The number of aryl methyl sites for hydroxylation is 1. The Morgan fingerprint density at radius 2 is 2.13 bits per heavy atom. The molecular weight excluding hydrogens is 292 g/mol. The van der Waals surface area contributed by atoms with Gasteiger partial charge in [-0.3, -0.25) is 19.2 Å². The fourth-order valence-electron chi connectivity index (χ4n) is 3.24. The van der Waals surface area contributed by atoms with Crippen molar-refractivity contribution in [2.24, 2.45) is 0 Å². The fraction of sp³-hybridized carbons (Fsp3) is 0.471. The first-order valence-electron chi connectivity index (χ1n) is 8.11. The zero-order valence-corrected chi connectivity index (χ0v) is 13.4. The first kappa shape index (κ1) is 15.7. The summed E-state index contributed by atoms with van der Waals surface area (Å²) < 4.78 is 1.27. The molecule has 6 nitrogen and oxygen atoms in total. The molecule has 1 aliphatic rings. The van der Waals surface area contributed by atoms with Crippen molar-refractivity contribution >= 4 is 0 Å². The van der Waals surface area contributed by atoms with Gasteiger partial charge in [0.05, 0.1) is 11.7 Å². The fourth-order valence-corrected chi connectivity index (χ4v) is 3.24. The van der Waals surface area contributed by atoms with E-state index in [1.807, 2.05) is 24.4 Å². The second-order valence-electron chi connectivity index (χ2n) is 6.05. The van der Waals surface area contributed by atoms with E-state index < -0.39 is 0 Å². The maximum atomic E-state index is 12.0. The van der Waals surface area contributed by atoms with E-state index in [-0.39, 0.29) is 17.3 Å². The van der Waals surface area contributed by atoms with Crippen LogP contribution in [0.3, 0.4) is 0 Å². The van der Waals surface area contributed by atoms with Crippen LogP contribution in [0.2, 0.25) is 0 Å². The van der Waals surface area contributed by atoms with Gasteiger partial charge in [-0.25, -0.2) is 4.79 Å². The highest BCUT2D eigenvalue weighted by molar-refractivity contribution is 5.09. The number of hydrogen-bond acceptors (Lipinski definition) is 4. The SMILES string of the molecule is Cc1cc(=O)n(CCN2CCCC[C@@H]2c2ccccn2)c(=O)[nH]1. The molecule has 3 rings (SSSR count). The Hall–Kier alpha value is -2.21. The van der Waals surface area contributed by atoms with Crippen LogP contribution in [0.4, 0.5) is 0 Å². The third-order valence-corrected chi connectivity index (χ3v) is 4.41. The molecular formula is C17H22N4O2. The zero-order chi connectivity index (χ0) is 16.2. The van der Waals surface area contributed by atoms with E-state index in [0.29, 0.717) is 18.8 Å². The number of nitrogens with zero attached hydrogens (tertiary/aromatic N) is 3. The molecule has 122 valence electrons. The molecule has 1 saturated heterocycles. The summed E-state index contributed by atoms with van der Waals surface area (Å²) in [6.45, 7) is 3.76. The summed E-state index contributed by atoms with van der Waals surface area (Å²) in [5, 5.41) is 0. The van der Waals surface area contributed by atoms with E-state index in [0.717, 1.165) is 25.1 Å². The first-order chi connectivity index (χ1) is 11.1. The van der Waals surface area contributed by atoms with Crippen molar-refractivity contribution in [2.75, 3.05) is 13.1 Å². The van der Waals surface area contributed by atoms with Gasteiger partial charge in [0.15, 0.2) is 0 Å². The predicted octanol–water partition coefficient (Wildman–Crippen LogP) is 1.47. The van der Waals surface area contributed by atoms with Crippen molar-refractivity contribution in [3.8, 4) is 0 Å². The summed E-state index contributed by atoms with van der Waals surface area (Å²) in [4.78, 5) is 33.5. The van der Waals surface area contributed by atoms with Gasteiger partial charge in [0.25, 0.3) is 5.56 Å². The van der Waals surface area contributed by atoms with E-state index in [1.54, 1.807) is 6.92 Å². The van der Waals surface area contributed by atoms with Gasteiger partial charge in [0.2, 0.25) is 0 Å². The maximum Gasteiger partial charge on any atom is 0.328 e. The second-order valence-corrected chi connectivity index (χ2v) is 6.05. The smallest absolute Gasteiger partial charge is 0.311 e. The van der Waals surface area contributed by atoms with Crippen LogP contribution < -0.4 is 11.2 Å². The minimum absolute atomic E-state index is 0.238. The van der Waals surface area contributed by atoms with Gasteiger partial charge >= 0.3 is 5.69 Å². The normalized spacial score (nSPS) is 18.9. The third-order valence-electron chi connectivity index (χ3n) is 4.41. The Labute approximate surface area is 134 Å². The lowest BCUT2D eigenvalue weighted by Crippen LogP contribution is -2.41. The van der Waals surface area contributed by atoms with E-state index in [1.165, 1.54) is 17.1 Å². The van der Waals surface area contributed by atoms with Crippen LogP contribution in [0.15, 0.2) is 40.1 Å². The molecule has 0 spiro atoms. The highest BCUT2D eigenvalue weighted by Gasteiger charge is 2.24. The van der Waals surface area contributed by atoms with E-state index in [4.69, 9.17) is 0 Å². The molecule has 0 aliphatic carbocycles. The minimum Gasteiger partial charge on any atom is -0.311 e. The Morgan fingerprint density at radius 3 is 2.87 bits per heavy atom. The Morgan fingerprint density at radius 1 is 1.26 bits per heavy atom. The minimum atomic E-state index is -0.332. The molecule has 1 aliphatic heterocycles. The maximum absolute atomic E-state index is 12.0. The highest BCUT2D eigenvalue weighted by Crippen LogP contribution is 2.29. The van der Waals surface area contributed by atoms with Crippen LogP contribution in [0, 0.1) is 6.92 Å². The molecule has 1 fully saturated rings.